The number of aliphatic hydroxyl groups is 4. The number of primary amides is 1. The van der Waals surface area contributed by atoms with Crippen molar-refractivity contribution >= 4 is 41.4 Å². The number of ether oxygens (including phenoxy) is 4. The zero-order valence-corrected chi connectivity index (χ0v) is 39.6. The molecule has 0 unspecified atom stereocenters. The second-order valence-electron chi connectivity index (χ2n) is 17.7. The van der Waals surface area contributed by atoms with Gasteiger partial charge in [0.1, 0.15) is 72.2 Å². The quantitative estimate of drug-likeness (QED) is 0.118. The number of likely N-dealkylation sites (N-methyl/N-ethyl adjacent to an activating group) is 3. The molecular weight excluding hydrogens is 915 g/mol. The molecule has 378 valence electrons. The largest absolute Gasteiger partial charge is 0.497 e. The topological polar surface area (TPSA) is 309 Å². The van der Waals surface area contributed by atoms with Gasteiger partial charge in [0.05, 0.1) is 13.7 Å². The second-order valence-corrected chi connectivity index (χ2v) is 17.7. The van der Waals surface area contributed by atoms with E-state index < -0.39 is 115 Å². The fraction of sp³-hybridized carbons (Fsp3) is 0.479. The van der Waals surface area contributed by atoms with E-state index in [1.54, 1.807) is 48.5 Å². The number of carbonyl (C=O) groups excluding carboxylic acids is 7. The van der Waals surface area contributed by atoms with Gasteiger partial charge in [-0.1, -0.05) is 30.3 Å². The average molecular weight is 976 g/mol. The monoisotopic (exact) mass is 975 g/mol. The summed E-state index contributed by atoms with van der Waals surface area (Å²) >= 11 is 0. The molecule has 6 bridgehead atoms. The molecule has 11 atom stereocenters. The van der Waals surface area contributed by atoms with Crippen molar-refractivity contribution in [2.75, 3.05) is 34.9 Å². The predicted molar refractivity (Wildman–Crippen MR) is 247 cm³/mol. The molecule has 0 saturated carbocycles. The van der Waals surface area contributed by atoms with E-state index in [0.717, 1.165) is 9.80 Å². The van der Waals surface area contributed by atoms with Gasteiger partial charge in [-0.25, -0.2) is 0 Å². The van der Waals surface area contributed by atoms with Gasteiger partial charge in [-0.3, -0.25) is 33.6 Å². The molecule has 7 amide bonds. The number of rotatable bonds is 9. The van der Waals surface area contributed by atoms with Gasteiger partial charge in [0.25, 0.3) is 0 Å². The molecule has 7 rings (SSSR count). The lowest BCUT2D eigenvalue weighted by Crippen LogP contribution is -2.62. The molecule has 0 spiro atoms. The first kappa shape index (κ1) is 52.5. The highest BCUT2D eigenvalue weighted by Crippen LogP contribution is 2.36. The zero-order valence-electron chi connectivity index (χ0n) is 39.6. The number of fused-ring (bicyclic) bond motifs is 2. The van der Waals surface area contributed by atoms with Crippen molar-refractivity contribution in [3.63, 3.8) is 0 Å². The van der Waals surface area contributed by atoms with E-state index >= 15 is 0 Å². The molecule has 22 heteroatoms. The van der Waals surface area contributed by atoms with Crippen molar-refractivity contribution in [1.82, 2.24) is 30.7 Å². The van der Waals surface area contributed by atoms with Crippen LogP contribution >= 0.6 is 0 Å². The first-order valence-electron chi connectivity index (χ1n) is 22.7. The van der Waals surface area contributed by atoms with Crippen LogP contribution in [0.2, 0.25) is 0 Å². The normalized spacial score (nSPS) is 28.4. The molecule has 2 saturated heterocycles. The summed E-state index contributed by atoms with van der Waals surface area (Å²) in [5.74, 6) is -4.48. The second kappa shape index (κ2) is 22.7. The molecular formula is C48H61N7O15. The van der Waals surface area contributed by atoms with Crippen LogP contribution in [0, 0.1) is 0 Å². The highest BCUT2D eigenvalue weighted by molar-refractivity contribution is 5.98. The van der Waals surface area contributed by atoms with Gasteiger partial charge in [-0.15, -0.1) is 0 Å². The molecule has 3 aromatic rings. The Bertz CT molecular complexity index is 2400. The molecule has 0 aromatic heterocycles. The minimum atomic E-state index is -1.76. The Morgan fingerprint density at radius 1 is 0.729 bits per heavy atom. The standard InChI is InChI=1S/C48H61N7O15/c1-24-42(61)52-31(16-18-38(49)57)46(65)53(3)32(19-26-7-12-29(67-6)13-8-26)44(63)51-25(2)45(64)55(5)34-20-27-9-14-30(15-10-27)68-36-22-28(21-33(43(62)50-24)54(4)47(34)66)11-17-35(36)69-48-41(60)40(59)39(58)37(23-56)70-48/h7-15,17,22,24-25,31-34,37,39-41,48,56,58-60H,16,18-21,23H2,1-6H3,(H2,49,57)(H,50,62)(H,51,63)(H,52,61)/t24-,25+,31+,32+,33+,34+,37-,39-,40+,41-,48-/m1/s1. The Labute approximate surface area is 404 Å². The van der Waals surface area contributed by atoms with Crippen molar-refractivity contribution in [2.24, 2.45) is 5.73 Å². The first-order valence-corrected chi connectivity index (χ1v) is 22.7. The maximum absolute atomic E-state index is 15.0. The van der Waals surface area contributed by atoms with Crippen LogP contribution in [0.4, 0.5) is 0 Å². The lowest BCUT2D eigenvalue weighted by Gasteiger charge is -2.39. The van der Waals surface area contributed by atoms with Crippen LogP contribution in [0.1, 0.15) is 43.4 Å². The minimum Gasteiger partial charge on any atom is -0.497 e. The molecule has 2 fully saturated rings. The van der Waals surface area contributed by atoms with Crippen LogP contribution in [-0.2, 0) is 57.6 Å². The van der Waals surface area contributed by atoms with Crippen molar-refractivity contribution < 1.29 is 72.9 Å². The Kier molecular flexibility index (Phi) is 17.0. The molecule has 3 aromatic carbocycles. The van der Waals surface area contributed by atoms with Crippen molar-refractivity contribution in [3.8, 4) is 23.0 Å². The predicted octanol–water partition coefficient (Wildman–Crippen LogP) is -1.74. The average Bonchev–Trinajstić information content (AvgIpc) is 3.34. The minimum absolute atomic E-state index is 0.0207. The third kappa shape index (κ3) is 12.1. The molecule has 22 nitrogen and oxygen atoms in total. The van der Waals surface area contributed by atoms with Crippen LogP contribution in [0.15, 0.2) is 66.7 Å². The summed E-state index contributed by atoms with van der Waals surface area (Å²) in [6.07, 6.45) is -8.97. The highest BCUT2D eigenvalue weighted by atomic mass is 16.7. The number of methoxy groups -OCH3 is 1. The maximum Gasteiger partial charge on any atom is 0.246 e. The summed E-state index contributed by atoms with van der Waals surface area (Å²) in [4.78, 5) is 102. The molecule has 4 heterocycles. The first-order chi connectivity index (χ1) is 33.2. The number of nitrogens with two attached hydrogens (primary N) is 1. The lowest BCUT2D eigenvalue weighted by molar-refractivity contribution is -0.277. The Morgan fingerprint density at radius 2 is 1.36 bits per heavy atom. The van der Waals surface area contributed by atoms with E-state index in [0.29, 0.717) is 22.4 Å². The summed E-state index contributed by atoms with van der Waals surface area (Å²) in [5.41, 5.74) is 7.01. The highest BCUT2D eigenvalue weighted by Gasteiger charge is 2.45. The molecule has 0 radical (unpaired) electrons. The van der Waals surface area contributed by atoms with E-state index in [-0.39, 0.29) is 49.4 Å². The summed E-state index contributed by atoms with van der Waals surface area (Å²) in [7, 11) is 5.61. The number of carbonyl (C=O) groups is 7. The summed E-state index contributed by atoms with van der Waals surface area (Å²) < 4.78 is 23.1. The lowest BCUT2D eigenvalue weighted by atomic mass is 9.98. The van der Waals surface area contributed by atoms with E-state index in [1.807, 2.05) is 0 Å². The van der Waals surface area contributed by atoms with E-state index in [2.05, 4.69) is 16.0 Å². The summed E-state index contributed by atoms with van der Waals surface area (Å²) in [6.45, 7) is 2.08. The van der Waals surface area contributed by atoms with Crippen LogP contribution in [0.3, 0.4) is 0 Å². The van der Waals surface area contributed by atoms with Crippen molar-refractivity contribution in [2.45, 2.75) is 113 Å². The number of amides is 7. The Balaban J connectivity index is 1.41. The number of nitrogens with one attached hydrogen (secondary N) is 3. The van der Waals surface area contributed by atoms with Gasteiger partial charge in [-0.05, 0) is 73.4 Å². The third-order valence-electron chi connectivity index (χ3n) is 12.8. The molecule has 0 aliphatic carbocycles. The van der Waals surface area contributed by atoms with Gasteiger partial charge in [0.15, 0.2) is 11.5 Å². The van der Waals surface area contributed by atoms with Gasteiger partial charge in [0, 0.05) is 46.8 Å². The van der Waals surface area contributed by atoms with E-state index in [9.17, 15) is 54.0 Å². The summed E-state index contributed by atoms with van der Waals surface area (Å²) in [6, 6.07) is 9.74. The maximum atomic E-state index is 15.0. The van der Waals surface area contributed by atoms with Crippen LogP contribution in [-0.4, -0.2) is 178 Å². The van der Waals surface area contributed by atoms with Crippen LogP contribution in [0.25, 0.3) is 0 Å². The van der Waals surface area contributed by atoms with E-state index in [1.165, 1.54) is 65.2 Å². The van der Waals surface area contributed by atoms with Gasteiger partial charge < -0.3 is 75.8 Å². The number of hydrogen-bond acceptors (Lipinski definition) is 15. The zero-order chi connectivity index (χ0) is 51.1. The van der Waals surface area contributed by atoms with Crippen molar-refractivity contribution in [1.29, 1.82) is 0 Å². The number of aliphatic hydroxyl groups excluding tert-OH is 4. The number of nitrogens with zero attached hydrogens (tertiary/aromatic N) is 3. The smallest absolute Gasteiger partial charge is 0.246 e. The van der Waals surface area contributed by atoms with E-state index in [4.69, 9.17) is 24.7 Å². The number of benzene rings is 3. The van der Waals surface area contributed by atoms with Gasteiger partial charge in [0.2, 0.25) is 47.6 Å². The van der Waals surface area contributed by atoms with Gasteiger partial charge in [-0.2, -0.15) is 0 Å². The molecule has 4 aliphatic rings. The fourth-order valence-electron chi connectivity index (χ4n) is 8.43. The van der Waals surface area contributed by atoms with Crippen LogP contribution < -0.4 is 35.9 Å². The SMILES string of the molecule is COc1ccc(C[C@H]2C(=O)N[C@@H](C)C(=O)N(C)[C@H]3Cc4ccc(cc4)Oc4cc(ccc4O[C@@H]4O[C@H](CO)[C@@H](O)[C@H](O)[C@H]4O)C[C@@H](C(=O)N[C@H](C)C(=O)N[C@@H](CCC(N)=O)C(=O)N2C)N(C)C3=O)cc1. The van der Waals surface area contributed by atoms with Crippen LogP contribution in [0.5, 0.6) is 23.0 Å². The Morgan fingerprint density at radius 3 is 2.00 bits per heavy atom. The molecule has 4 aliphatic heterocycles. The fourth-order valence-corrected chi connectivity index (χ4v) is 8.43. The summed E-state index contributed by atoms with van der Waals surface area (Å²) in [5, 5.41) is 49.3. The Hall–Kier alpha value is -6.85. The number of hydrogen-bond donors (Lipinski definition) is 8. The third-order valence-corrected chi connectivity index (χ3v) is 12.8. The molecule has 70 heavy (non-hydrogen) atoms. The molecule has 9 N–H and O–H groups in total. The van der Waals surface area contributed by atoms with Gasteiger partial charge >= 0.3 is 0 Å². The van der Waals surface area contributed by atoms with Crippen molar-refractivity contribution in [3.05, 3.63) is 83.4 Å².